The quantitative estimate of drug-likeness (QED) is 0.814. The molecule has 0 saturated carbocycles. The largest absolute Gasteiger partial charge is 0.394 e. The van der Waals surface area contributed by atoms with Gasteiger partial charge in [0.05, 0.1) is 17.8 Å². The van der Waals surface area contributed by atoms with Gasteiger partial charge in [0.15, 0.2) is 5.82 Å². The second-order valence-electron chi connectivity index (χ2n) is 2.58. The molecule has 0 bridgehead atoms. The van der Waals surface area contributed by atoms with Crippen LogP contribution in [0, 0.1) is 0 Å². The maximum Gasteiger partial charge on any atom is 0.169 e. The first-order chi connectivity index (χ1) is 6.15. The van der Waals surface area contributed by atoms with E-state index in [1.54, 1.807) is 6.92 Å². The van der Waals surface area contributed by atoms with Gasteiger partial charge in [0, 0.05) is 6.04 Å². The number of nitrogens with one attached hydrogen (secondary N) is 1. The summed E-state index contributed by atoms with van der Waals surface area (Å²) in [7, 11) is 0. The smallest absolute Gasteiger partial charge is 0.169 e. The summed E-state index contributed by atoms with van der Waals surface area (Å²) < 4.78 is 0. The van der Waals surface area contributed by atoms with Crippen molar-refractivity contribution in [1.29, 1.82) is 0 Å². The molecule has 0 aliphatic carbocycles. The SMILES string of the molecule is CC(CO)Nc1nncc(Cl)c1Cl. The topological polar surface area (TPSA) is 58.0 Å². The second-order valence-corrected chi connectivity index (χ2v) is 3.37. The van der Waals surface area contributed by atoms with E-state index in [-0.39, 0.29) is 12.6 Å². The minimum absolute atomic E-state index is 0.00940. The number of aliphatic hydroxyl groups excluding tert-OH is 1. The highest BCUT2D eigenvalue weighted by molar-refractivity contribution is 6.43. The first-order valence-electron chi connectivity index (χ1n) is 3.69. The maximum atomic E-state index is 8.77. The summed E-state index contributed by atoms with van der Waals surface area (Å²) in [6, 6.07) is -0.134. The predicted molar refractivity (Wildman–Crippen MR) is 52.2 cm³/mol. The molecule has 4 nitrogen and oxygen atoms in total. The van der Waals surface area contributed by atoms with E-state index in [4.69, 9.17) is 28.3 Å². The predicted octanol–water partition coefficient (Wildman–Crippen LogP) is 1.58. The summed E-state index contributed by atoms with van der Waals surface area (Å²) in [5, 5.41) is 19.6. The minimum Gasteiger partial charge on any atom is -0.394 e. The van der Waals surface area contributed by atoms with Crippen LogP contribution < -0.4 is 5.32 Å². The Hall–Kier alpha value is -0.580. The molecule has 0 spiro atoms. The van der Waals surface area contributed by atoms with Crippen molar-refractivity contribution in [3.63, 3.8) is 0 Å². The van der Waals surface area contributed by atoms with Gasteiger partial charge in [0.2, 0.25) is 0 Å². The number of hydrogen-bond acceptors (Lipinski definition) is 4. The summed E-state index contributed by atoms with van der Waals surface area (Å²) in [5.41, 5.74) is 0. The molecule has 1 rings (SSSR count). The number of aromatic nitrogens is 2. The van der Waals surface area contributed by atoms with Gasteiger partial charge in [-0.1, -0.05) is 23.2 Å². The van der Waals surface area contributed by atoms with Crippen LogP contribution in [0.5, 0.6) is 0 Å². The second kappa shape index (κ2) is 4.60. The summed E-state index contributed by atoms with van der Waals surface area (Å²) in [4.78, 5) is 0. The van der Waals surface area contributed by atoms with Crippen LogP contribution in [0.15, 0.2) is 6.20 Å². The fourth-order valence-electron chi connectivity index (χ4n) is 0.722. The number of rotatable bonds is 3. The van der Waals surface area contributed by atoms with E-state index in [0.717, 1.165) is 0 Å². The summed E-state index contributed by atoms with van der Waals surface area (Å²) in [5.74, 6) is 0.385. The molecule has 72 valence electrons. The minimum atomic E-state index is -0.134. The van der Waals surface area contributed by atoms with Gasteiger partial charge in [-0.2, -0.15) is 5.10 Å². The lowest BCUT2D eigenvalue weighted by Crippen LogP contribution is -2.20. The molecule has 0 aliphatic rings. The summed E-state index contributed by atoms with van der Waals surface area (Å²) in [6.45, 7) is 1.78. The maximum absolute atomic E-state index is 8.77. The van der Waals surface area contributed by atoms with Gasteiger partial charge in [0.1, 0.15) is 5.02 Å². The Morgan fingerprint density at radius 2 is 2.31 bits per heavy atom. The Kier molecular flexibility index (Phi) is 3.71. The zero-order chi connectivity index (χ0) is 9.84. The normalized spacial score (nSPS) is 12.6. The number of halogens is 2. The highest BCUT2D eigenvalue weighted by Crippen LogP contribution is 2.26. The van der Waals surface area contributed by atoms with Gasteiger partial charge in [-0.3, -0.25) is 0 Å². The average Bonchev–Trinajstić information content (AvgIpc) is 2.13. The third-order valence-electron chi connectivity index (χ3n) is 1.40. The Labute approximate surface area is 85.9 Å². The monoisotopic (exact) mass is 221 g/mol. The standard InChI is InChI=1S/C7H9Cl2N3O/c1-4(3-13)11-7-6(9)5(8)2-10-12-7/h2,4,13H,3H2,1H3,(H,11,12). The molecule has 0 fully saturated rings. The van der Waals surface area contributed by atoms with Crippen LogP contribution in [-0.2, 0) is 0 Å². The highest BCUT2D eigenvalue weighted by atomic mass is 35.5. The Morgan fingerprint density at radius 1 is 1.62 bits per heavy atom. The molecule has 1 aromatic rings. The van der Waals surface area contributed by atoms with Gasteiger partial charge >= 0.3 is 0 Å². The Balaban J connectivity index is 2.83. The van der Waals surface area contributed by atoms with Gasteiger partial charge in [-0.15, -0.1) is 5.10 Å². The molecule has 0 saturated heterocycles. The number of anilines is 1. The first-order valence-corrected chi connectivity index (χ1v) is 4.44. The van der Waals surface area contributed by atoms with E-state index in [2.05, 4.69) is 15.5 Å². The molecular weight excluding hydrogens is 213 g/mol. The Bertz CT molecular complexity index is 295. The highest BCUT2D eigenvalue weighted by Gasteiger charge is 2.08. The van der Waals surface area contributed by atoms with Crippen molar-refractivity contribution in [1.82, 2.24) is 10.2 Å². The molecular formula is C7H9Cl2N3O. The Morgan fingerprint density at radius 3 is 2.92 bits per heavy atom. The lowest BCUT2D eigenvalue weighted by Gasteiger charge is -2.11. The zero-order valence-corrected chi connectivity index (χ0v) is 8.47. The van der Waals surface area contributed by atoms with Gasteiger partial charge in [-0.05, 0) is 6.92 Å². The number of nitrogens with zero attached hydrogens (tertiary/aromatic N) is 2. The molecule has 1 heterocycles. The fraction of sp³-hybridized carbons (Fsp3) is 0.429. The average molecular weight is 222 g/mol. The van der Waals surface area contributed by atoms with Crippen LogP contribution >= 0.6 is 23.2 Å². The van der Waals surface area contributed by atoms with Crippen molar-refractivity contribution in [2.75, 3.05) is 11.9 Å². The van der Waals surface area contributed by atoms with Crippen LogP contribution in [0.4, 0.5) is 5.82 Å². The van der Waals surface area contributed by atoms with Crippen molar-refractivity contribution < 1.29 is 5.11 Å². The van der Waals surface area contributed by atoms with E-state index in [1.807, 2.05) is 0 Å². The van der Waals surface area contributed by atoms with E-state index >= 15 is 0 Å². The summed E-state index contributed by atoms with van der Waals surface area (Å²) in [6.07, 6.45) is 1.36. The number of hydrogen-bond donors (Lipinski definition) is 2. The molecule has 0 amide bonds. The van der Waals surface area contributed by atoms with E-state index in [1.165, 1.54) is 6.20 Å². The van der Waals surface area contributed by atoms with Crippen LogP contribution in [0.2, 0.25) is 10.0 Å². The fourth-order valence-corrected chi connectivity index (χ4v) is 0.997. The van der Waals surface area contributed by atoms with Crippen LogP contribution in [-0.4, -0.2) is 28.0 Å². The molecule has 1 aromatic heterocycles. The van der Waals surface area contributed by atoms with Crippen LogP contribution in [0.25, 0.3) is 0 Å². The molecule has 6 heteroatoms. The summed E-state index contributed by atoms with van der Waals surface area (Å²) >= 11 is 11.5. The van der Waals surface area contributed by atoms with Gasteiger partial charge in [-0.25, -0.2) is 0 Å². The van der Waals surface area contributed by atoms with E-state index in [9.17, 15) is 0 Å². The van der Waals surface area contributed by atoms with Gasteiger partial charge < -0.3 is 10.4 Å². The van der Waals surface area contributed by atoms with Crippen molar-refractivity contribution in [2.24, 2.45) is 0 Å². The van der Waals surface area contributed by atoms with Crippen LogP contribution in [0.3, 0.4) is 0 Å². The number of aliphatic hydroxyl groups is 1. The lowest BCUT2D eigenvalue weighted by atomic mass is 10.3. The lowest BCUT2D eigenvalue weighted by molar-refractivity contribution is 0.281. The van der Waals surface area contributed by atoms with Crippen molar-refractivity contribution in [3.8, 4) is 0 Å². The van der Waals surface area contributed by atoms with Crippen molar-refractivity contribution in [2.45, 2.75) is 13.0 Å². The molecule has 2 N–H and O–H groups in total. The van der Waals surface area contributed by atoms with Crippen molar-refractivity contribution >= 4 is 29.0 Å². The molecule has 1 atom stereocenters. The molecule has 0 aliphatic heterocycles. The van der Waals surface area contributed by atoms with Crippen LogP contribution in [0.1, 0.15) is 6.92 Å². The van der Waals surface area contributed by atoms with E-state index in [0.29, 0.717) is 15.9 Å². The third kappa shape index (κ3) is 2.69. The van der Waals surface area contributed by atoms with E-state index < -0.39 is 0 Å². The molecule has 0 aromatic carbocycles. The third-order valence-corrected chi connectivity index (χ3v) is 2.17. The first kappa shape index (κ1) is 10.5. The molecule has 1 unspecified atom stereocenters. The van der Waals surface area contributed by atoms with Crippen molar-refractivity contribution in [3.05, 3.63) is 16.2 Å². The molecule has 0 radical (unpaired) electrons. The zero-order valence-electron chi connectivity index (χ0n) is 6.96. The molecule has 13 heavy (non-hydrogen) atoms. The van der Waals surface area contributed by atoms with Gasteiger partial charge in [0.25, 0.3) is 0 Å².